The maximum Gasteiger partial charge on any atom is 0.253 e. The number of aryl methyl sites for hydroxylation is 1. The minimum atomic E-state index is 0.0463. The molecule has 3 aromatic rings. The van der Waals surface area contributed by atoms with Crippen LogP contribution in [-0.4, -0.2) is 52.7 Å². The van der Waals surface area contributed by atoms with Crippen LogP contribution in [0.25, 0.3) is 11.5 Å². The lowest BCUT2D eigenvalue weighted by atomic mass is 10.1. The van der Waals surface area contributed by atoms with Crippen LogP contribution < -0.4 is 4.90 Å². The van der Waals surface area contributed by atoms with Gasteiger partial charge in [-0.3, -0.25) is 4.79 Å². The summed E-state index contributed by atoms with van der Waals surface area (Å²) >= 11 is 0. The predicted octanol–water partition coefficient (Wildman–Crippen LogP) is 2.77. The van der Waals surface area contributed by atoms with E-state index in [1.54, 1.807) is 0 Å². The number of carbonyl (C=O) groups is 1. The van der Waals surface area contributed by atoms with E-state index in [1.807, 2.05) is 78.1 Å². The number of rotatable bonds is 4. The van der Waals surface area contributed by atoms with Crippen LogP contribution in [0.2, 0.25) is 0 Å². The molecule has 0 spiro atoms. The molecule has 1 amide bonds. The van der Waals surface area contributed by atoms with Gasteiger partial charge in [-0.15, -0.1) is 0 Å². The molecule has 1 fully saturated rings. The molecule has 140 valence electrons. The number of benzene rings is 1. The molecule has 0 unspecified atom stereocenters. The summed E-state index contributed by atoms with van der Waals surface area (Å²) in [5.74, 6) is 1.31. The van der Waals surface area contributed by atoms with Crippen LogP contribution >= 0.6 is 0 Å². The number of amides is 1. The summed E-state index contributed by atoms with van der Waals surface area (Å²) in [6.07, 6.45) is 2.78. The monoisotopic (exact) mass is 365 g/mol. The molecule has 1 atom stereocenters. The minimum absolute atomic E-state index is 0.0463. The summed E-state index contributed by atoms with van der Waals surface area (Å²) in [5, 5.41) is 4.10. The van der Waals surface area contributed by atoms with Crippen LogP contribution in [-0.2, 0) is 7.05 Å². The Kier molecular flexibility index (Phi) is 4.43. The third kappa shape index (κ3) is 3.32. The van der Waals surface area contributed by atoms with Crippen molar-refractivity contribution in [3.63, 3.8) is 0 Å². The maximum absolute atomic E-state index is 12.8. The maximum atomic E-state index is 12.8. The predicted molar refractivity (Wildman–Crippen MR) is 103 cm³/mol. The summed E-state index contributed by atoms with van der Waals surface area (Å²) in [5.41, 5.74) is 2.69. The van der Waals surface area contributed by atoms with Crippen LogP contribution in [0.4, 0.5) is 5.69 Å². The Labute approximate surface area is 158 Å². The van der Waals surface area contributed by atoms with Gasteiger partial charge in [0.15, 0.2) is 0 Å². The largest absolute Gasteiger partial charge is 0.378 e. The second-order valence-electron chi connectivity index (χ2n) is 7.14. The smallest absolute Gasteiger partial charge is 0.253 e. The van der Waals surface area contributed by atoms with E-state index in [9.17, 15) is 4.79 Å². The van der Waals surface area contributed by atoms with Gasteiger partial charge in [0.05, 0.1) is 11.6 Å². The first-order valence-corrected chi connectivity index (χ1v) is 9.05. The fraction of sp³-hybridized carbons (Fsp3) is 0.350. The molecule has 0 bridgehead atoms. The van der Waals surface area contributed by atoms with E-state index < -0.39 is 0 Å². The summed E-state index contributed by atoms with van der Waals surface area (Å²) < 4.78 is 7.44. The third-order valence-corrected chi connectivity index (χ3v) is 5.07. The van der Waals surface area contributed by atoms with Crippen molar-refractivity contribution in [2.45, 2.75) is 12.3 Å². The normalized spacial score (nSPS) is 16.7. The van der Waals surface area contributed by atoms with Gasteiger partial charge in [0, 0.05) is 51.7 Å². The molecule has 1 aromatic carbocycles. The van der Waals surface area contributed by atoms with Crippen molar-refractivity contribution >= 4 is 11.6 Å². The second kappa shape index (κ2) is 6.90. The molecule has 1 aliphatic rings. The summed E-state index contributed by atoms with van der Waals surface area (Å²) in [7, 11) is 5.91. The quantitative estimate of drug-likeness (QED) is 0.711. The zero-order chi connectivity index (χ0) is 19.0. The molecule has 0 saturated carbocycles. The molecular formula is C20H23N5O2. The molecule has 4 rings (SSSR count). The Morgan fingerprint density at radius 3 is 2.67 bits per heavy atom. The highest BCUT2D eigenvalue weighted by atomic mass is 16.5. The van der Waals surface area contributed by atoms with Gasteiger partial charge in [-0.05, 0) is 42.8 Å². The Balaban J connectivity index is 1.45. The molecule has 0 N–H and O–H groups in total. The zero-order valence-electron chi connectivity index (χ0n) is 15.8. The lowest BCUT2D eigenvalue weighted by Crippen LogP contribution is -2.28. The molecule has 0 aliphatic carbocycles. The number of anilines is 1. The molecule has 1 aliphatic heterocycles. The summed E-state index contributed by atoms with van der Waals surface area (Å²) in [6, 6.07) is 11.6. The lowest BCUT2D eigenvalue weighted by Gasteiger charge is -2.17. The summed E-state index contributed by atoms with van der Waals surface area (Å²) in [4.78, 5) is 21.2. The van der Waals surface area contributed by atoms with Crippen molar-refractivity contribution in [3.8, 4) is 11.5 Å². The van der Waals surface area contributed by atoms with E-state index >= 15 is 0 Å². The topological polar surface area (TPSA) is 67.4 Å². The van der Waals surface area contributed by atoms with E-state index in [0.717, 1.165) is 17.8 Å². The van der Waals surface area contributed by atoms with Gasteiger partial charge >= 0.3 is 0 Å². The fourth-order valence-corrected chi connectivity index (χ4v) is 3.43. The van der Waals surface area contributed by atoms with Crippen LogP contribution in [0.3, 0.4) is 0 Å². The third-order valence-electron chi connectivity index (χ3n) is 5.07. The molecule has 3 heterocycles. The van der Waals surface area contributed by atoms with Gasteiger partial charge in [0.25, 0.3) is 5.91 Å². The van der Waals surface area contributed by atoms with Gasteiger partial charge < -0.3 is 18.9 Å². The van der Waals surface area contributed by atoms with E-state index in [4.69, 9.17) is 4.52 Å². The van der Waals surface area contributed by atoms with Crippen molar-refractivity contribution < 1.29 is 9.32 Å². The average Bonchev–Trinajstić information content (AvgIpc) is 3.40. The minimum Gasteiger partial charge on any atom is -0.378 e. The Hall–Kier alpha value is -3.09. The van der Waals surface area contributed by atoms with E-state index in [0.29, 0.717) is 30.4 Å². The van der Waals surface area contributed by atoms with Crippen molar-refractivity contribution in [3.05, 3.63) is 54.0 Å². The van der Waals surface area contributed by atoms with Crippen LogP contribution in [0.15, 0.2) is 47.1 Å². The standard InChI is InChI=1S/C20H23N5O2/c1-23(2)16-8-6-14(7-9-16)20(26)25-12-10-15(13-25)19-21-18(22-27-19)17-5-4-11-24(17)3/h4-9,11,15H,10,12-13H2,1-3H3/t15-/m1/s1. The van der Waals surface area contributed by atoms with E-state index in [-0.39, 0.29) is 11.8 Å². The van der Waals surface area contributed by atoms with Gasteiger partial charge in [-0.25, -0.2) is 0 Å². The number of aromatic nitrogens is 3. The Morgan fingerprint density at radius 1 is 1.22 bits per heavy atom. The van der Waals surface area contributed by atoms with Gasteiger partial charge in [0.1, 0.15) is 0 Å². The van der Waals surface area contributed by atoms with Gasteiger partial charge in [-0.2, -0.15) is 4.98 Å². The van der Waals surface area contributed by atoms with Gasteiger partial charge in [-0.1, -0.05) is 5.16 Å². The van der Waals surface area contributed by atoms with Crippen molar-refractivity contribution in [2.75, 3.05) is 32.1 Å². The molecule has 2 aromatic heterocycles. The number of likely N-dealkylation sites (tertiary alicyclic amines) is 1. The SMILES string of the molecule is CN(C)c1ccc(C(=O)N2CC[C@@H](c3nc(-c4cccn4C)no3)C2)cc1. The highest BCUT2D eigenvalue weighted by Gasteiger charge is 2.31. The Bertz CT molecular complexity index is 941. The first kappa shape index (κ1) is 17.3. The Morgan fingerprint density at radius 2 is 2.00 bits per heavy atom. The fourth-order valence-electron chi connectivity index (χ4n) is 3.43. The number of hydrogen-bond donors (Lipinski definition) is 0. The first-order valence-electron chi connectivity index (χ1n) is 9.05. The van der Waals surface area contributed by atoms with Crippen LogP contribution in [0, 0.1) is 0 Å². The van der Waals surface area contributed by atoms with E-state index in [1.165, 1.54) is 0 Å². The van der Waals surface area contributed by atoms with Crippen LogP contribution in [0.1, 0.15) is 28.6 Å². The second-order valence-corrected chi connectivity index (χ2v) is 7.14. The van der Waals surface area contributed by atoms with Crippen LogP contribution in [0.5, 0.6) is 0 Å². The zero-order valence-corrected chi connectivity index (χ0v) is 15.8. The van der Waals surface area contributed by atoms with Gasteiger partial charge in [0.2, 0.25) is 11.7 Å². The molecule has 0 radical (unpaired) electrons. The highest BCUT2D eigenvalue weighted by Crippen LogP contribution is 2.29. The van der Waals surface area contributed by atoms with Crippen molar-refractivity contribution in [1.29, 1.82) is 0 Å². The molecule has 1 saturated heterocycles. The lowest BCUT2D eigenvalue weighted by molar-refractivity contribution is 0.0789. The first-order chi connectivity index (χ1) is 13.0. The number of hydrogen-bond acceptors (Lipinski definition) is 5. The molecular weight excluding hydrogens is 342 g/mol. The average molecular weight is 365 g/mol. The molecule has 27 heavy (non-hydrogen) atoms. The van der Waals surface area contributed by atoms with E-state index in [2.05, 4.69) is 10.1 Å². The molecule has 7 heteroatoms. The van der Waals surface area contributed by atoms with Crippen molar-refractivity contribution in [2.24, 2.45) is 7.05 Å². The number of carbonyl (C=O) groups excluding carboxylic acids is 1. The molecule has 7 nitrogen and oxygen atoms in total. The highest BCUT2D eigenvalue weighted by molar-refractivity contribution is 5.94. The van der Waals surface area contributed by atoms with Crippen molar-refractivity contribution in [1.82, 2.24) is 19.6 Å². The number of nitrogens with zero attached hydrogens (tertiary/aromatic N) is 5. The summed E-state index contributed by atoms with van der Waals surface area (Å²) in [6.45, 7) is 1.30.